The molecule has 0 fully saturated rings. The Labute approximate surface area is 170 Å². The molecule has 0 unspecified atom stereocenters. The molecule has 1 atom stereocenters. The van der Waals surface area contributed by atoms with Gasteiger partial charge in [-0.2, -0.15) is 0 Å². The van der Waals surface area contributed by atoms with E-state index in [1.54, 1.807) is 23.6 Å². The average molecular weight is 436 g/mol. The molecule has 0 bridgehead atoms. The average Bonchev–Trinajstić information content (AvgIpc) is 3.31. The zero-order chi connectivity index (χ0) is 19.7. The summed E-state index contributed by atoms with van der Waals surface area (Å²) in [6, 6.07) is 11.1. The Morgan fingerprint density at radius 1 is 1.21 bits per heavy atom. The van der Waals surface area contributed by atoms with Crippen LogP contribution in [0.5, 0.6) is 5.75 Å². The largest absolute Gasteiger partial charge is 0.480 e. The van der Waals surface area contributed by atoms with Crippen LogP contribution in [0.3, 0.4) is 0 Å². The molecule has 1 aliphatic heterocycles. The molecule has 2 aromatic carbocycles. The second-order valence-corrected chi connectivity index (χ2v) is 9.03. The van der Waals surface area contributed by atoms with E-state index in [4.69, 9.17) is 16.3 Å². The second-order valence-electron chi connectivity index (χ2n) is 6.02. The highest BCUT2D eigenvalue weighted by Crippen LogP contribution is 2.31. The number of amides is 1. The lowest BCUT2D eigenvalue weighted by atomic mass is 10.1. The summed E-state index contributed by atoms with van der Waals surface area (Å²) >= 11 is 7.15. The molecular weight excluding hydrogens is 422 g/mol. The van der Waals surface area contributed by atoms with E-state index >= 15 is 0 Å². The van der Waals surface area contributed by atoms with Gasteiger partial charge in [0.25, 0.3) is 15.9 Å². The molecule has 7 nitrogen and oxygen atoms in total. The number of carbonyl (C=O) groups excluding carboxylic acids is 1. The molecular formula is C18H14ClN3O4S2. The number of nitrogens with one attached hydrogen (secondary N) is 2. The third-order valence-electron chi connectivity index (χ3n) is 4.08. The number of aromatic nitrogens is 1. The first-order valence-corrected chi connectivity index (χ1v) is 10.9. The number of rotatable bonds is 5. The third kappa shape index (κ3) is 3.96. The van der Waals surface area contributed by atoms with Gasteiger partial charge in [-0.1, -0.05) is 11.6 Å². The predicted molar refractivity (Wildman–Crippen MR) is 108 cm³/mol. The van der Waals surface area contributed by atoms with Crippen LogP contribution < -0.4 is 14.8 Å². The standard InChI is InChI=1S/C18H14ClN3O4S2/c19-12-1-6-15-11(9-12)10-16(26-15)17(23)21-13-2-4-14(5-3-13)28(24,25)22-18-20-7-8-27-18/h1-9,16H,10H2,(H,20,22)(H,21,23)/t16-/m0/s1. The van der Waals surface area contributed by atoms with Crippen molar-refractivity contribution >= 4 is 49.7 Å². The van der Waals surface area contributed by atoms with Gasteiger partial charge >= 0.3 is 0 Å². The number of hydrogen-bond acceptors (Lipinski definition) is 6. The monoisotopic (exact) mass is 435 g/mol. The Balaban J connectivity index is 1.41. The molecule has 1 aliphatic rings. The number of thiazole rings is 1. The van der Waals surface area contributed by atoms with Crippen molar-refractivity contribution in [2.24, 2.45) is 0 Å². The number of hydrogen-bond donors (Lipinski definition) is 2. The molecule has 3 aromatic rings. The zero-order valence-corrected chi connectivity index (χ0v) is 16.6. The lowest BCUT2D eigenvalue weighted by Gasteiger charge is -2.12. The summed E-state index contributed by atoms with van der Waals surface area (Å²) in [5.41, 5.74) is 1.35. The Hall–Kier alpha value is -2.62. The van der Waals surface area contributed by atoms with Gasteiger partial charge in [0.1, 0.15) is 5.75 Å². The summed E-state index contributed by atoms with van der Waals surface area (Å²) in [6.45, 7) is 0. The van der Waals surface area contributed by atoms with Crippen molar-refractivity contribution in [2.75, 3.05) is 10.0 Å². The zero-order valence-electron chi connectivity index (χ0n) is 14.3. The maximum atomic E-state index is 12.5. The van der Waals surface area contributed by atoms with Crippen molar-refractivity contribution in [3.05, 3.63) is 64.6 Å². The number of nitrogens with zero attached hydrogens (tertiary/aromatic N) is 1. The van der Waals surface area contributed by atoms with Gasteiger partial charge in [-0.25, -0.2) is 13.4 Å². The van der Waals surface area contributed by atoms with Crippen molar-refractivity contribution in [1.29, 1.82) is 0 Å². The quantitative estimate of drug-likeness (QED) is 0.638. The third-order valence-corrected chi connectivity index (χ3v) is 6.48. The molecule has 0 aliphatic carbocycles. The first kappa shape index (κ1) is 18.7. The van der Waals surface area contributed by atoms with Crippen LogP contribution in [0.4, 0.5) is 10.8 Å². The lowest BCUT2D eigenvalue weighted by molar-refractivity contribution is -0.122. The SMILES string of the molecule is O=C(Nc1ccc(S(=O)(=O)Nc2nccs2)cc1)[C@@H]1Cc2cc(Cl)ccc2O1. The van der Waals surface area contributed by atoms with Gasteiger partial charge in [-0.05, 0) is 48.0 Å². The van der Waals surface area contributed by atoms with Crippen LogP contribution in [0.2, 0.25) is 5.02 Å². The van der Waals surface area contributed by atoms with Crippen LogP contribution in [-0.2, 0) is 21.2 Å². The summed E-state index contributed by atoms with van der Waals surface area (Å²) < 4.78 is 32.7. The van der Waals surface area contributed by atoms with E-state index in [0.29, 0.717) is 22.9 Å². The van der Waals surface area contributed by atoms with E-state index < -0.39 is 16.1 Å². The number of halogens is 1. The van der Waals surface area contributed by atoms with Gasteiger partial charge in [-0.3, -0.25) is 9.52 Å². The Bertz CT molecular complexity index is 1120. The minimum atomic E-state index is -3.74. The Morgan fingerprint density at radius 2 is 2.00 bits per heavy atom. The predicted octanol–water partition coefficient (Wildman–Crippen LogP) is 3.54. The molecule has 28 heavy (non-hydrogen) atoms. The summed E-state index contributed by atoms with van der Waals surface area (Å²) in [5.74, 6) is 0.322. The van der Waals surface area contributed by atoms with Gasteiger partial charge in [0.05, 0.1) is 4.90 Å². The van der Waals surface area contributed by atoms with Crippen LogP contribution in [0.15, 0.2) is 58.9 Å². The number of anilines is 2. The molecule has 0 saturated carbocycles. The maximum absolute atomic E-state index is 12.5. The topological polar surface area (TPSA) is 97.4 Å². The highest BCUT2D eigenvalue weighted by molar-refractivity contribution is 7.93. The number of ether oxygens (including phenoxy) is 1. The molecule has 0 spiro atoms. The molecule has 1 amide bonds. The van der Waals surface area contributed by atoms with Crippen LogP contribution in [0, 0.1) is 0 Å². The van der Waals surface area contributed by atoms with E-state index in [0.717, 1.165) is 5.56 Å². The normalized spacial score (nSPS) is 15.5. The Morgan fingerprint density at radius 3 is 2.71 bits per heavy atom. The van der Waals surface area contributed by atoms with Crippen LogP contribution >= 0.6 is 22.9 Å². The molecule has 0 saturated heterocycles. The van der Waals surface area contributed by atoms with E-state index in [9.17, 15) is 13.2 Å². The van der Waals surface area contributed by atoms with Crippen LogP contribution in [0.25, 0.3) is 0 Å². The minimum Gasteiger partial charge on any atom is -0.480 e. The highest BCUT2D eigenvalue weighted by Gasteiger charge is 2.29. The maximum Gasteiger partial charge on any atom is 0.265 e. The number of carbonyl (C=O) groups is 1. The number of fused-ring (bicyclic) bond motifs is 1. The van der Waals surface area contributed by atoms with E-state index in [1.807, 2.05) is 0 Å². The van der Waals surface area contributed by atoms with Crippen molar-refractivity contribution in [1.82, 2.24) is 4.98 Å². The van der Waals surface area contributed by atoms with Crippen molar-refractivity contribution < 1.29 is 17.9 Å². The molecule has 144 valence electrons. The fourth-order valence-corrected chi connectivity index (χ4v) is 4.73. The lowest BCUT2D eigenvalue weighted by Crippen LogP contribution is -2.31. The van der Waals surface area contributed by atoms with Gasteiger partial charge in [0, 0.05) is 28.7 Å². The van der Waals surface area contributed by atoms with Crippen molar-refractivity contribution in [2.45, 2.75) is 17.4 Å². The van der Waals surface area contributed by atoms with E-state index in [2.05, 4.69) is 15.0 Å². The number of benzene rings is 2. The van der Waals surface area contributed by atoms with Crippen molar-refractivity contribution in [3.8, 4) is 5.75 Å². The molecule has 2 heterocycles. The fourth-order valence-electron chi connectivity index (χ4n) is 2.75. The van der Waals surface area contributed by atoms with Gasteiger partial charge in [0.15, 0.2) is 11.2 Å². The first-order valence-electron chi connectivity index (χ1n) is 8.19. The van der Waals surface area contributed by atoms with Crippen LogP contribution in [-0.4, -0.2) is 25.4 Å². The molecule has 0 radical (unpaired) electrons. The highest BCUT2D eigenvalue weighted by atomic mass is 35.5. The van der Waals surface area contributed by atoms with Crippen LogP contribution in [0.1, 0.15) is 5.56 Å². The van der Waals surface area contributed by atoms with Gasteiger partial charge in [-0.15, -0.1) is 11.3 Å². The summed E-state index contributed by atoms with van der Waals surface area (Å²) in [5, 5.41) is 5.29. The van der Waals surface area contributed by atoms with E-state index in [1.165, 1.54) is 41.8 Å². The van der Waals surface area contributed by atoms with Crippen molar-refractivity contribution in [3.63, 3.8) is 0 Å². The summed E-state index contributed by atoms with van der Waals surface area (Å²) in [4.78, 5) is 16.4. The minimum absolute atomic E-state index is 0.0693. The molecule has 1 aromatic heterocycles. The van der Waals surface area contributed by atoms with E-state index in [-0.39, 0.29) is 15.9 Å². The fraction of sp³-hybridized carbons (Fsp3) is 0.111. The summed E-state index contributed by atoms with van der Waals surface area (Å²) in [6.07, 6.45) is 1.27. The number of sulfonamides is 1. The smallest absolute Gasteiger partial charge is 0.265 e. The molecule has 4 rings (SSSR count). The summed E-state index contributed by atoms with van der Waals surface area (Å²) in [7, 11) is -3.74. The Kier molecular flexibility index (Phi) is 4.96. The van der Waals surface area contributed by atoms with Gasteiger partial charge < -0.3 is 10.1 Å². The van der Waals surface area contributed by atoms with Gasteiger partial charge in [0.2, 0.25) is 0 Å². The second kappa shape index (κ2) is 7.42. The molecule has 2 N–H and O–H groups in total. The molecule has 10 heteroatoms. The first-order chi connectivity index (χ1) is 13.4.